The number of aromatic nitrogens is 6. The zero-order valence-corrected chi connectivity index (χ0v) is 22.7. The van der Waals surface area contributed by atoms with Crippen molar-refractivity contribution < 1.29 is 19.1 Å². The summed E-state index contributed by atoms with van der Waals surface area (Å²) >= 11 is 0. The minimum atomic E-state index is -0.464. The Morgan fingerprint density at radius 2 is 2.12 bits per heavy atom. The van der Waals surface area contributed by atoms with Crippen LogP contribution >= 0.6 is 0 Å². The van der Waals surface area contributed by atoms with Crippen molar-refractivity contribution >= 4 is 28.3 Å². The van der Waals surface area contributed by atoms with Crippen LogP contribution in [0.15, 0.2) is 42.9 Å². The number of amides is 2. The number of nitrogens with zero attached hydrogens (tertiary/aromatic N) is 7. The zero-order valence-electron chi connectivity index (χ0n) is 22.7. The first-order valence-corrected chi connectivity index (χ1v) is 13.4. The van der Waals surface area contributed by atoms with Gasteiger partial charge in [0.25, 0.3) is 5.91 Å². The lowest BCUT2D eigenvalue weighted by Gasteiger charge is -2.28. The summed E-state index contributed by atoms with van der Waals surface area (Å²) in [5.41, 5.74) is 3.44. The Morgan fingerprint density at radius 1 is 1.27 bits per heavy atom. The molecule has 0 aliphatic carbocycles. The maximum atomic E-state index is 15.8. The molecule has 0 saturated heterocycles. The van der Waals surface area contributed by atoms with E-state index in [0.717, 1.165) is 23.4 Å². The number of aromatic amines is 1. The summed E-state index contributed by atoms with van der Waals surface area (Å²) in [7, 11) is 0. The van der Waals surface area contributed by atoms with Gasteiger partial charge in [-0.25, -0.2) is 4.39 Å². The molecule has 1 aliphatic heterocycles. The van der Waals surface area contributed by atoms with Crippen LogP contribution < -0.4 is 0 Å². The minimum absolute atomic E-state index is 0.0287. The number of hydrogen-bond acceptors (Lipinski definition) is 6. The van der Waals surface area contributed by atoms with E-state index in [2.05, 4.69) is 20.4 Å². The van der Waals surface area contributed by atoms with Crippen LogP contribution in [-0.4, -0.2) is 82.7 Å². The standard InChI is InChI=1S/C28H33FN8O3/c1-3-37-19(2)22(16-31-37)18-35(13-14-38)28(40)24-15-20-6-7-23(26(29)27(20)32-24)21-5-4-10-34(17-21)25(39)8-11-36-12-9-30-33-36/h5-7,9,12,15-16,32,38H,3-4,8,10-11,13-14,17-18H2,1-2H3. The fraction of sp³-hybridized carbons (Fsp3) is 0.393. The predicted octanol–water partition coefficient (Wildman–Crippen LogP) is 2.76. The lowest BCUT2D eigenvalue weighted by Crippen LogP contribution is -2.36. The molecule has 0 fully saturated rings. The second kappa shape index (κ2) is 11.8. The van der Waals surface area contributed by atoms with E-state index in [1.807, 2.05) is 24.6 Å². The number of aryl methyl sites for hydroxylation is 2. The topological polar surface area (TPSA) is 125 Å². The predicted molar refractivity (Wildman–Crippen MR) is 147 cm³/mol. The number of aliphatic hydroxyl groups excluding tert-OH is 1. The Bertz CT molecular complexity index is 1540. The van der Waals surface area contributed by atoms with Crippen LogP contribution in [0.4, 0.5) is 4.39 Å². The number of aliphatic hydroxyl groups is 1. The first kappa shape index (κ1) is 27.3. The van der Waals surface area contributed by atoms with Crippen molar-refractivity contribution in [3.8, 4) is 0 Å². The summed E-state index contributed by atoms with van der Waals surface area (Å²) < 4.78 is 19.3. The summed E-state index contributed by atoms with van der Waals surface area (Å²) in [5, 5.41) is 22.2. The van der Waals surface area contributed by atoms with Gasteiger partial charge < -0.3 is 19.9 Å². The van der Waals surface area contributed by atoms with Crippen molar-refractivity contribution in [2.75, 3.05) is 26.2 Å². The van der Waals surface area contributed by atoms with Crippen molar-refractivity contribution in [3.05, 3.63) is 71.2 Å². The molecule has 0 unspecified atom stereocenters. The van der Waals surface area contributed by atoms with Gasteiger partial charge in [-0.3, -0.25) is 19.0 Å². The Balaban J connectivity index is 1.33. The average molecular weight is 549 g/mol. The fourth-order valence-electron chi connectivity index (χ4n) is 5.11. The Morgan fingerprint density at radius 3 is 2.85 bits per heavy atom. The second-order valence-electron chi connectivity index (χ2n) is 9.85. The van der Waals surface area contributed by atoms with Crippen molar-refractivity contribution in [1.82, 2.24) is 39.6 Å². The summed E-state index contributed by atoms with van der Waals surface area (Å²) in [6.45, 7) is 6.17. The quantitative estimate of drug-likeness (QED) is 0.314. The Kier molecular flexibility index (Phi) is 8.06. The number of benzene rings is 1. The number of fused-ring (bicyclic) bond motifs is 1. The van der Waals surface area contributed by atoms with Crippen LogP contribution in [0.1, 0.15) is 47.1 Å². The highest BCUT2D eigenvalue weighted by Crippen LogP contribution is 2.29. The maximum Gasteiger partial charge on any atom is 0.270 e. The molecule has 0 saturated carbocycles. The molecule has 3 aromatic heterocycles. The SMILES string of the molecule is CCn1ncc(CN(CCO)C(=O)c2cc3ccc(C4=CCCN(C(=O)CCn5ccnn5)C4)c(F)c3[nH]2)c1C. The van der Waals surface area contributed by atoms with E-state index < -0.39 is 5.82 Å². The molecule has 4 aromatic rings. The molecular weight excluding hydrogens is 515 g/mol. The highest BCUT2D eigenvalue weighted by molar-refractivity contribution is 5.99. The third-order valence-corrected chi connectivity index (χ3v) is 7.36. The van der Waals surface area contributed by atoms with Gasteiger partial charge in [0.05, 0.1) is 31.1 Å². The molecular formula is C28H33FN8O3. The molecule has 2 amide bonds. The summed E-state index contributed by atoms with van der Waals surface area (Å²) in [6.07, 6.45) is 7.87. The molecule has 0 bridgehead atoms. The second-order valence-corrected chi connectivity index (χ2v) is 9.85. The lowest BCUT2D eigenvalue weighted by atomic mass is 9.99. The van der Waals surface area contributed by atoms with E-state index in [0.29, 0.717) is 37.0 Å². The van der Waals surface area contributed by atoms with Gasteiger partial charge in [0.1, 0.15) is 5.69 Å². The van der Waals surface area contributed by atoms with E-state index in [1.54, 1.807) is 46.4 Å². The lowest BCUT2D eigenvalue weighted by molar-refractivity contribution is -0.131. The van der Waals surface area contributed by atoms with Crippen molar-refractivity contribution in [3.63, 3.8) is 0 Å². The molecule has 5 rings (SSSR count). The largest absolute Gasteiger partial charge is 0.395 e. The first-order chi connectivity index (χ1) is 19.4. The summed E-state index contributed by atoms with van der Waals surface area (Å²) in [4.78, 5) is 32.5. The number of rotatable bonds is 10. The third kappa shape index (κ3) is 5.53. The summed E-state index contributed by atoms with van der Waals surface area (Å²) in [6, 6.07) is 5.11. The van der Waals surface area contributed by atoms with Crippen LogP contribution in [-0.2, 0) is 24.4 Å². The van der Waals surface area contributed by atoms with Gasteiger partial charge in [0.15, 0.2) is 5.82 Å². The molecule has 1 aromatic carbocycles. The van der Waals surface area contributed by atoms with Crippen LogP contribution in [0.2, 0.25) is 0 Å². The Labute approximate surface area is 230 Å². The number of halogens is 1. The van der Waals surface area contributed by atoms with Gasteiger partial charge in [0, 0.05) is 67.5 Å². The molecule has 4 heterocycles. The zero-order chi connectivity index (χ0) is 28.2. The average Bonchev–Trinajstić information content (AvgIpc) is 3.72. The van der Waals surface area contributed by atoms with E-state index in [1.165, 1.54) is 4.90 Å². The molecule has 0 spiro atoms. The van der Waals surface area contributed by atoms with E-state index in [4.69, 9.17) is 0 Å². The minimum Gasteiger partial charge on any atom is -0.395 e. The molecule has 0 atom stereocenters. The third-order valence-electron chi connectivity index (χ3n) is 7.36. The summed E-state index contributed by atoms with van der Waals surface area (Å²) in [5.74, 6) is -0.830. The highest BCUT2D eigenvalue weighted by atomic mass is 19.1. The Hall–Kier alpha value is -4.32. The first-order valence-electron chi connectivity index (χ1n) is 13.4. The van der Waals surface area contributed by atoms with Crippen molar-refractivity contribution in [2.24, 2.45) is 0 Å². The van der Waals surface area contributed by atoms with Gasteiger partial charge >= 0.3 is 0 Å². The molecule has 1 aliphatic rings. The van der Waals surface area contributed by atoms with Crippen LogP contribution in [0.5, 0.6) is 0 Å². The van der Waals surface area contributed by atoms with E-state index in [-0.39, 0.29) is 49.1 Å². The van der Waals surface area contributed by atoms with Gasteiger partial charge in [-0.2, -0.15) is 5.10 Å². The maximum absolute atomic E-state index is 15.8. The molecule has 0 radical (unpaired) electrons. The van der Waals surface area contributed by atoms with Gasteiger partial charge in [-0.15, -0.1) is 5.10 Å². The number of carbonyl (C=O) groups is 2. The monoisotopic (exact) mass is 548 g/mol. The molecule has 11 nitrogen and oxygen atoms in total. The van der Waals surface area contributed by atoms with Crippen LogP contribution in [0, 0.1) is 12.7 Å². The van der Waals surface area contributed by atoms with Gasteiger partial charge in [0.2, 0.25) is 5.91 Å². The number of carbonyl (C=O) groups excluding carboxylic acids is 2. The van der Waals surface area contributed by atoms with Crippen molar-refractivity contribution in [2.45, 2.75) is 46.3 Å². The fourth-order valence-corrected chi connectivity index (χ4v) is 5.11. The molecule has 210 valence electrons. The van der Waals surface area contributed by atoms with E-state index in [9.17, 15) is 14.7 Å². The molecule has 2 N–H and O–H groups in total. The van der Waals surface area contributed by atoms with Crippen LogP contribution in [0.3, 0.4) is 0 Å². The number of nitrogens with one attached hydrogen (secondary N) is 1. The van der Waals surface area contributed by atoms with Gasteiger partial charge in [-0.1, -0.05) is 23.4 Å². The van der Waals surface area contributed by atoms with Crippen molar-refractivity contribution in [1.29, 1.82) is 0 Å². The number of H-pyrrole nitrogens is 1. The number of hydrogen-bond donors (Lipinski definition) is 2. The van der Waals surface area contributed by atoms with Gasteiger partial charge in [-0.05, 0) is 31.9 Å². The smallest absolute Gasteiger partial charge is 0.270 e. The molecule has 40 heavy (non-hydrogen) atoms. The highest BCUT2D eigenvalue weighted by Gasteiger charge is 2.24. The normalized spacial score (nSPS) is 13.6. The van der Waals surface area contributed by atoms with Crippen LogP contribution in [0.25, 0.3) is 16.5 Å². The van der Waals surface area contributed by atoms with E-state index >= 15 is 4.39 Å². The molecule has 12 heteroatoms.